The Bertz CT molecular complexity index is 469. The van der Waals surface area contributed by atoms with Crippen LogP contribution in [-0.4, -0.2) is 11.7 Å². The number of hydrogen-bond acceptors (Lipinski definition) is 4. The maximum absolute atomic E-state index is 11.4. The van der Waals surface area contributed by atoms with Gasteiger partial charge in [0.15, 0.2) is 0 Å². The molecule has 0 saturated carbocycles. The molecule has 2 N–H and O–H groups in total. The van der Waals surface area contributed by atoms with Crippen LogP contribution in [0.2, 0.25) is 0 Å². The summed E-state index contributed by atoms with van der Waals surface area (Å²) in [7, 11) is 0. The molecule has 0 saturated heterocycles. The van der Waals surface area contributed by atoms with Gasteiger partial charge in [-0.05, 0) is 24.3 Å². The second-order valence-electron chi connectivity index (χ2n) is 3.13. The summed E-state index contributed by atoms with van der Waals surface area (Å²) >= 11 is 0. The lowest BCUT2D eigenvalue weighted by Gasteiger charge is -2.10. The second-order valence-corrected chi connectivity index (χ2v) is 3.13. The van der Waals surface area contributed by atoms with E-state index in [1.54, 1.807) is 24.3 Å². The molecule has 74 valence electrons. The van der Waals surface area contributed by atoms with Crippen molar-refractivity contribution in [2.24, 2.45) is 10.8 Å². The number of amides is 1. The van der Waals surface area contributed by atoms with Gasteiger partial charge in [-0.3, -0.25) is 4.79 Å². The molecule has 0 radical (unpaired) electrons. The van der Waals surface area contributed by atoms with Gasteiger partial charge in [0.1, 0.15) is 5.84 Å². The normalized spacial score (nSPS) is 15.0. The number of nitrogens with two attached hydrogens (primary N) is 1. The number of hydrogen-bond donors (Lipinski definition) is 1. The van der Waals surface area contributed by atoms with Crippen molar-refractivity contribution in [3.63, 3.8) is 0 Å². The predicted molar refractivity (Wildman–Crippen MR) is 54.9 cm³/mol. The number of benzene rings is 1. The zero-order chi connectivity index (χ0) is 10.8. The first kappa shape index (κ1) is 9.21. The van der Waals surface area contributed by atoms with Crippen molar-refractivity contribution in [3.8, 4) is 6.07 Å². The number of anilines is 1. The molecule has 0 fully saturated rings. The van der Waals surface area contributed by atoms with E-state index in [1.807, 2.05) is 6.07 Å². The molecule has 0 aliphatic carbocycles. The fourth-order valence-electron chi connectivity index (χ4n) is 1.33. The lowest BCUT2D eigenvalue weighted by Crippen LogP contribution is -2.19. The van der Waals surface area contributed by atoms with Gasteiger partial charge in [0.05, 0.1) is 23.7 Å². The Morgan fingerprint density at radius 2 is 2.07 bits per heavy atom. The monoisotopic (exact) mass is 200 g/mol. The minimum absolute atomic E-state index is 0.153. The number of rotatable bonds is 1. The average molecular weight is 200 g/mol. The topological polar surface area (TPSA) is 82.5 Å². The van der Waals surface area contributed by atoms with Gasteiger partial charge in [0.2, 0.25) is 0 Å². The fraction of sp³-hybridized carbons (Fsp3) is 0.100. The van der Waals surface area contributed by atoms with Crippen LogP contribution >= 0.6 is 0 Å². The van der Waals surface area contributed by atoms with Crippen molar-refractivity contribution in [1.29, 1.82) is 5.26 Å². The van der Waals surface area contributed by atoms with Crippen LogP contribution in [0.1, 0.15) is 12.0 Å². The molecule has 1 heterocycles. The minimum atomic E-state index is -0.155. The van der Waals surface area contributed by atoms with Crippen LogP contribution in [0.4, 0.5) is 5.69 Å². The summed E-state index contributed by atoms with van der Waals surface area (Å²) in [5.74, 6) is 0.154. The first-order chi connectivity index (χ1) is 7.20. The van der Waals surface area contributed by atoms with E-state index in [9.17, 15) is 4.79 Å². The number of carbonyl (C=O) groups excluding carboxylic acids is 1. The van der Waals surface area contributed by atoms with E-state index in [2.05, 4.69) is 5.10 Å². The van der Waals surface area contributed by atoms with E-state index in [0.29, 0.717) is 17.1 Å². The Kier molecular flexibility index (Phi) is 2.10. The summed E-state index contributed by atoms with van der Waals surface area (Å²) in [5.41, 5.74) is 6.61. The van der Waals surface area contributed by atoms with E-state index < -0.39 is 0 Å². The Balaban J connectivity index is 2.31. The Hall–Kier alpha value is -2.35. The van der Waals surface area contributed by atoms with Crippen molar-refractivity contribution in [1.82, 2.24) is 0 Å². The highest BCUT2D eigenvalue weighted by Gasteiger charge is 2.23. The molecule has 15 heavy (non-hydrogen) atoms. The largest absolute Gasteiger partial charge is 0.385 e. The number of carbonyl (C=O) groups is 1. The molecule has 1 aliphatic rings. The lowest BCUT2D eigenvalue weighted by molar-refractivity contribution is -0.116. The minimum Gasteiger partial charge on any atom is -0.385 e. The maximum Gasteiger partial charge on any atom is 0.255 e. The zero-order valence-corrected chi connectivity index (χ0v) is 7.84. The molecule has 1 amide bonds. The molecular weight excluding hydrogens is 192 g/mol. The summed E-state index contributed by atoms with van der Waals surface area (Å²) in [6, 6.07) is 8.59. The molecule has 2 rings (SSSR count). The summed E-state index contributed by atoms with van der Waals surface area (Å²) in [4.78, 5) is 11.4. The van der Waals surface area contributed by atoms with Crippen molar-refractivity contribution < 1.29 is 4.79 Å². The highest BCUT2D eigenvalue weighted by Crippen LogP contribution is 2.19. The third kappa shape index (κ3) is 1.65. The molecular formula is C10H8N4O. The van der Waals surface area contributed by atoms with Crippen LogP contribution < -0.4 is 10.7 Å². The number of nitrogens with zero attached hydrogens (tertiary/aromatic N) is 3. The molecule has 5 nitrogen and oxygen atoms in total. The van der Waals surface area contributed by atoms with Crippen LogP contribution in [0, 0.1) is 11.3 Å². The molecule has 0 unspecified atom stereocenters. The highest BCUT2D eigenvalue weighted by molar-refractivity contribution is 6.11. The lowest BCUT2D eigenvalue weighted by atomic mass is 10.2. The summed E-state index contributed by atoms with van der Waals surface area (Å²) in [5, 5.41) is 13.7. The van der Waals surface area contributed by atoms with Gasteiger partial charge in [-0.15, -0.1) is 0 Å². The van der Waals surface area contributed by atoms with Gasteiger partial charge in [-0.2, -0.15) is 15.4 Å². The van der Waals surface area contributed by atoms with Crippen molar-refractivity contribution in [2.45, 2.75) is 6.42 Å². The van der Waals surface area contributed by atoms with Gasteiger partial charge in [0.25, 0.3) is 5.91 Å². The van der Waals surface area contributed by atoms with Gasteiger partial charge in [-0.1, -0.05) is 0 Å². The Morgan fingerprint density at radius 1 is 1.40 bits per heavy atom. The maximum atomic E-state index is 11.4. The molecule has 0 spiro atoms. The van der Waals surface area contributed by atoms with E-state index in [-0.39, 0.29) is 12.3 Å². The van der Waals surface area contributed by atoms with Crippen molar-refractivity contribution >= 4 is 17.4 Å². The quantitative estimate of drug-likeness (QED) is 0.719. The van der Waals surface area contributed by atoms with E-state index in [4.69, 9.17) is 11.0 Å². The van der Waals surface area contributed by atoms with E-state index >= 15 is 0 Å². The Morgan fingerprint density at radius 3 is 2.53 bits per heavy atom. The summed E-state index contributed by atoms with van der Waals surface area (Å²) < 4.78 is 0. The van der Waals surface area contributed by atoms with Crippen molar-refractivity contribution in [3.05, 3.63) is 29.8 Å². The number of amidine groups is 1. The number of hydrazone groups is 1. The van der Waals surface area contributed by atoms with Crippen LogP contribution in [0.15, 0.2) is 29.4 Å². The summed E-state index contributed by atoms with van der Waals surface area (Å²) in [6.45, 7) is 0. The fourth-order valence-corrected chi connectivity index (χ4v) is 1.33. The number of nitriles is 1. The molecule has 5 heteroatoms. The molecule has 1 aromatic carbocycles. The van der Waals surface area contributed by atoms with Gasteiger partial charge >= 0.3 is 0 Å². The van der Waals surface area contributed by atoms with Crippen LogP contribution in [0.5, 0.6) is 0 Å². The van der Waals surface area contributed by atoms with E-state index in [0.717, 1.165) is 0 Å². The van der Waals surface area contributed by atoms with E-state index in [1.165, 1.54) is 5.01 Å². The molecule has 0 aromatic heterocycles. The first-order valence-electron chi connectivity index (χ1n) is 4.37. The van der Waals surface area contributed by atoms with Crippen LogP contribution in [0.25, 0.3) is 0 Å². The van der Waals surface area contributed by atoms with Crippen LogP contribution in [0.3, 0.4) is 0 Å². The van der Waals surface area contributed by atoms with Gasteiger partial charge < -0.3 is 5.73 Å². The third-order valence-corrected chi connectivity index (χ3v) is 2.04. The SMILES string of the molecule is N#Cc1ccc(N2N=C(N)CC2=O)cc1. The highest BCUT2D eigenvalue weighted by atomic mass is 16.2. The molecule has 1 aliphatic heterocycles. The predicted octanol–water partition coefficient (Wildman–Crippen LogP) is 0.567. The molecule has 0 atom stereocenters. The average Bonchev–Trinajstić information content (AvgIpc) is 2.58. The van der Waals surface area contributed by atoms with Gasteiger partial charge in [0, 0.05) is 0 Å². The third-order valence-electron chi connectivity index (χ3n) is 2.04. The Labute approximate surface area is 86.4 Å². The molecule has 1 aromatic rings. The van der Waals surface area contributed by atoms with Crippen molar-refractivity contribution in [2.75, 3.05) is 5.01 Å². The zero-order valence-electron chi connectivity index (χ0n) is 7.84. The summed E-state index contributed by atoms with van der Waals surface area (Å²) in [6.07, 6.45) is 0.153. The van der Waals surface area contributed by atoms with Gasteiger partial charge in [-0.25, -0.2) is 0 Å². The smallest absolute Gasteiger partial charge is 0.255 e. The first-order valence-corrected chi connectivity index (χ1v) is 4.37. The molecule has 0 bridgehead atoms. The second kappa shape index (κ2) is 3.42. The standard InChI is InChI=1S/C10H8N4O/c11-6-7-1-3-8(4-2-7)14-10(15)5-9(12)13-14/h1-4H,5H2,(H2,12,13). The van der Waals surface area contributed by atoms with Crippen LogP contribution in [-0.2, 0) is 4.79 Å².